The van der Waals surface area contributed by atoms with Gasteiger partial charge in [0.05, 0.1) is 11.9 Å². The van der Waals surface area contributed by atoms with Gasteiger partial charge in [-0.05, 0) is 29.8 Å². The van der Waals surface area contributed by atoms with Crippen LogP contribution in [-0.2, 0) is 17.1 Å². The molecule has 2 aromatic rings. The zero-order chi connectivity index (χ0) is 14.9. The summed E-state index contributed by atoms with van der Waals surface area (Å²) in [4.78, 5) is 1.44. The first-order valence-electron chi connectivity index (χ1n) is 5.47. The smallest absolute Gasteiger partial charge is 0.277 e. The number of sulfonamides is 1. The molecule has 0 radical (unpaired) electrons. The van der Waals surface area contributed by atoms with Gasteiger partial charge in [0, 0.05) is 5.56 Å². The predicted molar refractivity (Wildman–Crippen MR) is 76.7 cm³/mol. The molecule has 2 rings (SSSR count). The zero-order valence-corrected chi connectivity index (χ0v) is 12.4. The summed E-state index contributed by atoms with van der Waals surface area (Å²) < 4.78 is 26.5. The second-order valence-electron chi connectivity index (χ2n) is 4.05. The van der Waals surface area contributed by atoms with E-state index < -0.39 is 10.0 Å². The van der Waals surface area contributed by atoms with Crippen molar-refractivity contribution in [1.82, 2.24) is 20.2 Å². The molecule has 1 aromatic carbocycles. The van der Waals surface area contributed by atoms with Gasteiger partial charge in [0.2, 0.25) is 0 Å². The fourth-order valence-electron chi connectivity index (χ4n) is 1.58. The topological polar surface area (TPSA) is 116 Å². The average Bonchev–Trinajstić information content (AvgIpc) is 2.73. The highest BCUT2D eigenvalue weighted by atomic mass is 32.2. The summed E-state index contributed by atoms with van der Waals surface area (Å²) in [5.41, 5.74) is 6.84. The average molecular weight is 312 g/mol. The van der Waals surface area contributed by atoms with Crippen molar-refractivity contribution in [2.45, 2.75) is 11.8 Å². The predicted octanol–water partition coefficient (Wildman–Crippen LogP) is -0.0465. The lowest BCUT2D eigenvalue weighted by molar-refractivity contribution is 0.600. The molecule has 0 saturated carbocycles. The van der Waals surface area contributed by atoms with E-state index in [-0.39, 0.29) is 15.8 Å². The van der Waals surface area contributed by atoms with Crippen molar-refractivity contribution in [3.05, 3.63) is 29.3 Å². The van der Waals surface area contributed by atoms with Crippen LogP contribution in [0.1, 0.15) is 11.1 Å². The molecule has 106 valence electrons. The Morgan fingerprint density at radius 1 is 1.45 bits per heavy atom. The number of thiocarbonyl (C=S) groups is 1. The Morgan fingerprint density at radius 2 is 2.15 bits per heavy atom. The summed E-state index contributed by atoms with van der Waals surface area (Å²) in [6.07, 6.45) is 0. The molecule has 0 aliphatic rings. The van der Waals surface area contributed by atoms with Crippen LogP contribution in [-0.4, -0.2) is 33.6 Å². The number of hydrogen-bond acceptors (Lipinski definition) is 6. The first-order chi connectivity index (χ1) is 9.29. The monoisotopic (exact) mass is 312 g/mol. The van der Waals surface area contributed by atoms with Gasteiger partial charge in [-0.2, -0.15) is 4.80 Å². The van der Waals surface area contributed by atoms with Gasteiger partial charge < -0.3 is 5.73 Å². The standard InChI is InChI=1S/C10H12N6O2S2/c1-6-5-7(3-4-8(6)9(11)19)20(17,18)14-10-12-15-16(2)13-10/h3-5H,1-2H3,(H2,11,19)(H,13,14). The molecule has 3 N–H and O–H groups in total. The number of tetrazole rings is 1. The molecule has 0 amide bonds. The zero-order valence-electron chi connectivity index (χ0n) is 10.7. The minimum absolute atomic E-state index is 0.0717. The quantitative estimate of drug-likeness (QED) is 0.760. The summed E-state index contributed by atoms with van der Waals surface area (Å²) in [6, 6.07) is 4.46. The first kappa shape index (κ1) is 14.3. The van der Waals surface area contributed by atoms with Crippen molar-refractivity contribution in [3.63, 3.8) is 0 Å². The molecule has 0 aliphatic carbocycles. The Morgan fingerprint density at radius 3 is 2.65 bits per heavy atom. The van der Waals surface area contributed by atoms with Gasteiger partial charge in [-0.15, -0.1) is 5.10 Å². The largest absolute Gasteiger partial charge is 0.389 e. The van der Waals surface area contributed by atoms with Gasteiger partial charge in [-0.1, -0.05) is 23.4 Å². The number of hydrogen-bond donors (Lipinski definition) is 2. The number of aromatic nitrogens is 4. The summed E-state index contributed by atoms with van der Waals surface area (Å²) in [5.74, 6) is -0.0939. The fourth-order valence-corrected chi connectivity index (χ4v) is 2.83. The first-order valence-corrected chi connectivity index (χ1v) is 7.36. The highest BCUT2D eigenvalue weighted by molar-refractivity contribution is 7.92. The van der Waals surface area contributed by atoms with Crippen LogP contribution < -0.4 is 10.5 Å². The Balaban J connectivity index is 2.35. The molecule has 20 heavy (non-hydrogen) atoms. The summed E-state index contributed by atoms with van der Waals surface area (Å²) >= 11 is 4.88. The summed E-state index contributed by atoms with van der Waals surface area (Å²) in [7, 11) is -2.24. The molecule has 0 fully saturated rings. The molecule has 1 heterocycles. The van der Waals surface area contributed by atoms with E-state index in [0.717, 1.165) is 4.80 Å². The maximum atomic E-state index is 12.2. The summed E-state index contributed by atoms with van der Waals surface area (Å²) in [6.45, 7) is 1.73. The highest BCUT2D eigenvalue weighted by Crippen LogP contribution is 2.17. The van der Waals surface area contributed by atoms with Gasteiger partial charge in [0.15, 0.2) is 0 Å². The van der Waals surface area contributed by atoms with Crippen LogP contribution in [0.25, 0.3) is 0 Å². The molecule has 0 unspecified atom stereocenters. The van der Waals surface area contributed by atoms with Crippen LogP contribution in [0.15, 0.2) is 23.1 Å². The van der Waals surface area contributed by atoms with Crippen LogP contribution in [0.4, 0.5) is 5.95 Å². The van der Waals surface area contributed by atoms with Gasteiger partial charge in [-0.25, -0.2) is 13.1 Å². The molecule has 10 heteroatoms. The number of nitrogens with zero attached hydrogens (tertiary/aromatic N) is 4. The number of rotatable bonds is 4. The number of aryl methyl sites for hydroxylation is 2. The van der Waals surface area contributed by atoms with Crippen molar-refractivity contribution in [2.24, 2.45) is 12.8 Å². The van der Waals surface area contributed by atoms with E-state index in [4.69, 9.17) is 18.0 Å². The Kier molecular flexibility index (Phi) is 3.68. The van der Waals surface area contributed by atoms with E-state index in [1.54, 1.807) is 13.0 Å². The Hall–Kier alpha value is -2.07. The molecule has 8 nitrogen and oxygen atoms in total. The normalized spacial score (nSPS) is 11.3. The summed E-state index contributed by atoms with van der Waals surface area (Å²) in [5, 5.41) is 10.9. The fraction of sp³-hybridized carbons (Fsp3) is 0.200. The number of nitrogens with two attached hydrogens (primary N) is 1. The molecule has 1 aromatic heterocycles. The molecular weight excluding hydrogens is 300 g/mol. The molecule has 0 spiro atoms. The van der Waals surface area contributed by atoms with E-state index in [1.165, 1.54) is 19.2 Å². The van der Waals surface area contributed by atoms with Gasteiger partial charge in [0.25, 0.3) is 16.0 Å². The van der Waals surface area contributed by atoms with Gasteiger partial charge >= 0.3 is 0 Å². The molecular formula is C10H12N6O2S2. The van der Waals surface area contributed by atoms with Crippen molar-refractivity contribution in [3.8, 4) is 0 Å². The lowest BCUT2D eigenvalue weighted by Gasteiger charge is -2.08. The number of anilines is 1. The van der Waals surface area contributed by atoms with Gasteiger partial charge in [0.1, 0.15) is 4.99 Å². The SMILES string of the molecule is Cc1cc(S(=O)(=O)Nc2nnn(C)n2)ccc1C(N)=S. The number of nitrogens with one attached hydrogen (secondary N) is 1. The Labute approximate surface area is 121 Å². The number of benzene rings is 1. The van der Waals surface area contributed by atoms with Crippen molar-refractivity contribution >= 4 is 33.2 Å². The third-order valence-corrected chi connectivity index (χ3v) is 4.05. The van der Waals surface area contributed by atoms with E-state index in [0.29, 0.717) is 11.1 Å². The lowest BCUT2D eigenvalue weighted by Crippen LogP contribution is -2.16. The minimum atomic E-state index is -3.78. The third-order valence-electron chi connectivity index (χ3n) is 2.51. The van der Waals surface area contributed by atoms with Crippen molar-refractivity contribution in [2.75, 3.05) is 4.72 Å². The molecule has 0 aliphatic heterocycles. The lowest BCUT2D eigenvalue weighted by atomic mass is 10.1. The van der Waals surface area contributed by atoms with E-state index in [9.17, 15) is 8.42 Å². The maximum Gasteiger partial charge on any atom is 0.277 e. The van der Waals surface area contributed by atoms with E-state index >= 15 is 0 Å². The molecule has 0 atom stereocenters. The highest BCUT2D eigenvalue weighted by Gasteiger charge is 2.18. The maximum absolute atomic E-state index is 12.2. The third kappa shape index (κ3) is 2.91. The van der Waals surface area contributed by atoms with Crippen LogP contribution >= 0.6 is 12.2 Å². The van der Waals surface area contributed by atoms with Crippen LogP contribution in [0.5, 0.6) is 0 Å². The van der Waals surface area contributed by atoms with Crippen molar-refractivity contribution < 1.29 is 8.42 Å². The van der Waals surface area contributed by atoms with Crippen molar-refractivity contribution in [1.29, 1.82) is 0 Å². The van der Waals surface area contributed by atoms with Crippen LogP contribution in [0, 0.1) is 6.92 Å². The molecule has 0 saturated heterocycles. The van der Waals surface area contributed by atoms with E-state index in [2.05, 4.69) is 20.1 Å². The van der Waals surface area contributed by atoms with Gasteiger partial charge in [-0.3, -0.25) is 0 Å². The van der Waals surface area contributed by atoms with Crippen LogP contribution in [0.3, 0.4) is 0 Å². The minimum Gasteiger partial charge on any atom is -0.389 e. The van der Waals surface area contributed by atoms with E-state index in [1.807, 2.05) is 0 Å². The second-order valence-corrected chi connectivity index (χ2v) is 6.17. The second kappa shape index (κ2) is 5.13. The molecule has 0 bridgehead atoms. The Bertz CT molecular complexity index is 768. The van der Waals surface area contributed by atoms with Crippen LogP contribution in [0.2, 0.25) is 0 Å².